The Hall–Kier alpha value is -2.00. The molecule has 1 saturated heterocycles. The molecule has 1 aromatic heterocycles. The molecule has 1 fully saturated rings. The Labute approximate surface area is 109 Å². The van der Waals surface area contributed by atoms with Crippen LogP contribution < -0.4 is 11.1 Å². The fourth-order valence-electron chi connectivity index (χ4n) is 1.79. The van der Waals surface area contributed by atoms with Gasteiger partial charge >= 0.3 is 5.69 Å². The van der Waals surface area contributed by atoms with Crippen LogP contribution in [0.25, 0.3) is 0 Å². The van der Waals surface area contributed by atoms with Crippen molar-refractivity contribution in [2.24, 2.45) is 0 Å². The first-order chi connectivity index (χ1) is 9.00. The Morgan fingerprint density at radius 2 is 2.26 bits per heavy atom. The maximum atomic E-state index is 10.6. The van der Waals surface area contributed by atoms with Gasteiger partial charge in [0.05, 0.1) is 10.5 Å². The lowest BCUT2D eigenvalue weighted by Gasteiger charge is -2.31. The molecule has 9 heteroatoms. The number of ether oxygens (including phenoxy) is 1. The number of aliphatic hydroxyl groups is 1. The third kappa shape index (κ3) is 3.26. The molecule has 1 aliphatic rings. The first-order valence-electron chi connectivity index (χ1n) is 5.81. The van der Waals surface area contributed by atoms with Crippen molar-refractivity contribution in [3.8, 4) is 0 Å². The molecule has 19 heavy (non-hydrogen) atoms. The first-order valence-corrected chi connectivity index (χ1v) is 5.81. The second-order valence-corrected chi connectivity index (χ2v) is 4.41. The Kier molecular flexibility index (Phi) is 3.76. The molecule has 0 atom stereocenters. The zero-order chi connectivity index (χ0) is 13.9. The van der Waals surface area contributed by atoms with Crippen molar-refractivity contribution in [3.05, 3.63) is 16.3 Å². The molecule has 0 unspecified atom stereocenters. The highest BCUT2D eigenvalue weighted by Crippen LogP contribution is 2.22. The standard InChI is InChI=1S/C10H15N5O4/c11-8-7(15(17)18)5-12-9(14-8)13-6-10(16)1-3-19-4-2-10/h5,16H,1-4,6H2,(H3,11,12,13,14). The molecule has 104 valence electrons. The molecule has 2 rings (SSSR count). The number of nitrogen functional groups attached to an aromatic ring is 1. The van der Waals surface area contributed by atoms with Crippen molar-refractivity contribution in [3.63, 3.8) is 0 Å². The monoisotopic (exact) mass is 269 g/mol. The topological polar surface area (TPSA) is 136 Å². The van der Waals surface area contributed by atoms with Crippen LogP contribution in [0.3, 0.4) is 0 Å². The van der Waals surface area contributed by atoms with Crippen LogP contribution in [0.15, 0.2) is 6.20 Å². The quantitative estimate of drug-likeness (QED) is 0.510. The van der Waals surface area contributed by atoms with Crippen molar-refractivity contribution in [1.82, 2.24) is 9.97 Å². The molecular formula is C10H15N5O4. The smallest absolute Gasteiger partial charge is 0.329 e. The molecule has 0 aromatic carbocycles. The molecule has 2 heterocycles. The maximum absolute atomic E-state index is 10.6. The minimum Gasteiger partial charge on any atom is -0.388 e. The van der Waals surface area contributed by atoms with E-state index in [-0.39, 0.29) is 24.0 Å². The van der Waals surface area contributed by atoms with E-state index in [1.807, 2.05) is 0 Å². The van der Waals surface area contributed by atoms with Crippen molar-refractivity contribution in [1.29, 1.82) is 0 Å². The second kappa shape index (κ2) is 5.33. The number of nitrogens with one attached hydrogen (secondary N) is 1. The van der Waals surface area contributed by atoms with E-state index in [9.17, 15) is 15.2 Å². The zero-order valence-electron chi connectivity index (χ0n) is 10.2. The van der Waals surface area contributed by atoms with E-state index in [4.69, 9.17) is 10.5 Å². The number of hydrogen-bond acceptors (Lipinski definition) is 8. The maximum Gasteiger partial charge on any atom is 0.329 e. The van der Waals surface area contributed by atoms with Crippen molar-refractivity contribution >= 4 is 17.5 Å². The summed E-state index contributed by atoms with van der Waals surface area (Å²) in [6, 6.07) is 0. The number of aromatic nitrogens is 2. The van der Waals surface area contributed by atoms with E-state index in [0.717, 1.165) is 6.20 Å². The van der Waals surface area contributed by atoms with Gasteiger partial charge in [-0.1, -0.05) is 0 Å². The molecule has 0 spiro atoms. The zero-order valence-corrected chi connectivity index (χ0v) is 10.2. The Balaban J connectivity index is 2.00. The second-order valence-electron chi connectivity index (χ2n) is 4.41. The SMILES string of the molecule is Nc1nc(NCC2(O)CCOCC2)ncc1[N+](=O)[O-]. The lowest BCUT2D eigenvalue weighted by molar-refractivity contribution is -0.384. The van der Waals surface area contributed by atoms with Gasteiger partial charge in [-0.15, -0.1) is 0 Å². The summed E-state index contributed by atoms with van der Waals surface area (Å²) < 4.78 is 5.16. The molecule has 0 radical (unpaired) electrons. The average Bonchev–Trinajstić information content (AvgIpc) is 2.37. The van der Waals surface area contributed by atoms with Crippen LogP contribution in [-0.2, 0) is 4.74 Å². The predicted octanol–water partition coefficient (Wildman–Crippen LogP) is -0.0796. The van der Waals surface area contributed by atoms with Gasteiger partial charge in [0.1, 0.15) is 6.20 Å². The third-order valence-corrected chi connectivity index (χ3v) is 2.99. The third-order valence-electron chi connectivity index (χ3n) is 2.99. The van der Waals surface area contributed by atoms with E-state index in [2.05, 4.69) is 15.3 Å². The van der Waals surface area contributed by atoms with Gasteiger partial charge in [0.2, 0.25) is 11.8 Å². The number of nitrogens with two attached hydrogens (primary N) is 1. The van der Waals surface area contributed by atoms with Crippen LogP contribution in [0.5, 0.6) is 0 Å². The van der Waals surface area contributed by atoms with Gasteiger partial charge in [0.25, 0.3) is 0 Å². The van der Waals surface area contributed by atoms with Gasteiger partial charge in [0, 0.05) is 32.6 Å². The van der Waals surface area contributed by atoms with Gasteiger partial charge in [-0.3, -0.25) is 10.1 Å². The summed E-state index contributed by atoms with van der Waals surface area (Å²) in [6.45, 7) is 1.25. The van der Waals surface area contributed by atoms with Crippen LogP contribution >= 0.6 is 0 Å². The van der Waals surface area contributed by atoms with Crippen LogP contribution in [0.4, 0.5) is 17.5 Å². The van der Waals surface area contributed by atoms with Crippen molar-refractivity contribution in [2.45, 2.75) is 18.4 Å². The van der Waals surface area contributed by atoms with E-state index in [1.54, 1.807) is 0 Å². The van der Waals surface area contributed by atoms with Crippen molar-refractivity contribution < 1.29 is 14.8 Å². The minimum absolute atomic E-state index is 0.156. The summed E-state index contributed by atoms with van der Waals surface area (Å²) in [5, 5.41) is 23.6. The van der Waals surface area contributed by atoms with E-state index >= 15 is 0 Å². The van der Waals surface area contributed by atoms with Crippen molar-refractivity contribution in [2.75, 3.05) is 30.8 Å². The van der Waals surface area contributed by atoms with Gasteiger partial charge in [-0.25, -0.2) is 4.98 Å². The van der Waals surface area contributed by atoms with E-state index in [0.29, 0.717) is 26.1 Å². The fraction of sp³-hybridized carbons (Fsp3) is 0.600. The average molecular weight is 269 g/mol. The first kappa shape index (κ1) is 13.4. The summed E-state index contributed by atoms with van der Waals surface area (Å²) in [5.41, 5.74) is 4.23. The number of rotatable bonds is 4. The molecule has 9 nitrogen and oxygen atoms in total. The summed E-state index contributed by atoms with van der Waals surface area (Å²) in [5.74, 6) is -0.0514. The van der Waals surface area contributed by atoms with Gasteiger partial charge in [0.15, 0.2) is 0 Å². The summed E-state index contributed by atoms with van der Waals surface area (Å²) in [7, 11) is 0. The summed E-state index contributed by atoms with van der Waals surface area (Å²) in [6.07, 6.45) is 2.07. The molecule has 4 N–H and O–H groups in total. The Morgan fingerprint density at radius 1 is 1.58 bits per heavy atom. The highest BCUT2D eigenvalue weighted by atomic mass is 16.6. The molecule has 1 aromatic rings. The van der Waals surface area contributed by atoms with Gasteiger partial charge < -0.3 is 20.9 Å². The normalized spacial score (nSPS) is 17.9. The van der Waals surface area contributed by atoms with E-state index in [1.165, 1.54) is 0 Å². The molecule has 0 saturated carbocycles. The fourth-order valence-corrected chi connectivity index (χ4v) is 1.79. The van der Waals surface area contributed by atoms with Crippen LogP contribution in [-0.4, -0.2) is 45.4 Å². The van der Waals surface area contributed by atoms with Crippen LogP contribution in [0, 0.1) is 10.1 Å². The lowest BCUT2D eigenvalue weighted by atomic mass is 9.94. The molecule has 0 aliphatic carbocycles. The Bertz CT molecular complexity index is 475. The largest absolute Gasteiger partial charge is 0.388 e. The minimum atomic E-state index is -0.877. The number of nitrogens with zero attached hydrogens (tertiary/aromatic N) is 3. The van der Waals surface area contributed by atoms with E-state index < -0.39 is 10.5 Å². The number of nitro groups is 1. The number of hydrogen-bond donors (Lipinski definition) is 3. The highest BCUT2D eigenvalue weighted by Gasteiger charge is 2.29. The molecule has 0 bridgehead atoms. The highest BCUT2D eigenvalue weighted by molar-refractivity contribution is 5.53. The molecule has 0 amide bonds. The molecule has 1 aliphatic heterocycles. The molecular weight excluding hydrogens is 254 g/mol. The van der Waals surface area contributed by atoms with Gasteiger partial charge in [-0.2, -0.15) is 4.98 Å². The summed E-state index contributed by atoms with van der Waals surface area (Å²) in [4.78, 5) is 17.5. The Morgan fingerprint density at radius 3 is 2.84 bits per heavy atom. The number of anilines is 2. The predicted molar refractivity (Wildman–Crippen MR) is 66.6 cm³/mol. The summed E-state index contributed by atoms with van der Waals surface area (Å²) >= 11 is 0. The lowest BCUT2D eigenvalue weighted by Crippen LogP contribution is -2.42. The van der Waals surface area contributed by atoms with Gasteiger partial charge in [-0.05, 0) is 0 Å². The van der Waals surface area contributed by atoms with Crippen LogP contribution in [0.1, 0.15) is 12.8 Å². The van der Waals surface area contributed by atoms with Crippen LogP contribution in [0.2, 0.25) is 0 Å².